The van der Waals surface area contributed by atoms with E-state index in [0.29, 0.717) is 18.0 Å². The van der Waals surface area contributed by atoms with Crippen molar-refractivity contribution in [1.29, 1.82) is 0 Å². The third-order valence-corrected chi connectivity index (χ3v) is 3.72. The van der Waals surface area contributed by atoms with Crippen LogP contribution in [0.4, 0.5) is 0 Å². The predicted molar refractivity (Wildman–Crippen MR) is 82.0 cm³/mol. The van der Waals surface area contributed by atoms with E-state index >= 15 is 0 Å². The predicted octanol–water partition coefficient (Wildman–Crippen LogP) is 3.66. The lowest BCUT2D eigenvalue weighted by atomic mass is 10.0. The summed E-state index contributed by atoms with van der Waals surface area (Å²) in [7, 11) is 1.78. The van der Waals surface area contributed by atoms with Crippen LogP contribution in [0.5, 0.6) is 5.75 Å². The maximum Gasteiger partial charge on any atom is 0.257 e. The van der Waals surface area contributed by atoms with E-state index in [1.54, 1.807) is 24.1 Å². The topological polar surface area (TPSA) is 40.5 Å². The highest BCUT2D eigenvalue weighted by Gasteiger charge is 2.17. The van der Waals surface area contributed by atoms with Gasteiger partial charge in [-0.1, -0.05) is 44.5 Å². The van der Waals surface area contributed by atoms with Crippen molar-refractivity contribution in [3.63, 3.8) is 0 Å². The Balaban J connectivity index is 2.32. The van der Waals surface area contributed by atoms with Gasteiger partial charge in [0.25, 0.3) is 5.91 Å². The van der Waals surface area contributed by atoms with Crippen LogP contribution in [-0.2, 0) is 0 Å². The first-order chi connectivity index (χ1) is 9.52. The normalized spacial score (nSPS) is 12.3. The van der Waals surface area contributed by atoms with E-state index in [1.807, 2.05) is 24.3 Å². The minimum Gasteiger partial charge on any atom is -0.507 e. The molecule has 106 valence electrons. The second kappa shape index (κ2) is 5.95. The molecule has 2 aromatic carbocycles. The maximum atomic E-state index is 12.4. The number of phenolic OH excluding ortho intramolecular Hbond substituents is 1. The number of hydrogen-bond donors (Lipinski definition) is 1. The zero-order valence-electron chi connectivity index (χ0n) is 12.3. The molecule has 0 saturated carbocycles. The highest BCUT2D eigenvalue weighted by Crippen LogP contribution is 2.26. The van der Waals surface area contributed by atoms with Gasteiger partial charge in [-0.2, -0.15) is 0 Å². The first-order valence-electron chi connectivity index (χ1n) is 7.00. The van der Waals surface area contributed by atoms with Crippen LogP contribution in [0.25, 0.3) is 10.8 Å². The molecule has 0 fully saturated rings. The molecule has 1 N–H and O–H groups in total. The molecule has 2 aromatic rings. The molecular weight excluding hydrogens is 250 g/mol. The van der Waals surface area contributed by atoms with Crippen LogP contribution in [0.15, 0.2) is 36.4 Å². The Kier molecular flexibility index (Phi) is 4.28. The van der Waals surface area contributed by atoms with E-state index in [2.05, 4.69) is 13.8 Å². The monoisotopic (exact) mass is 271 g/mol. The molecule has 20 heavy (non-hydrogen) atoms. The molecule has 0 saturated heterocycles. The van der Waals surface area contributed by atoms with Crippen molar-refractivity contribution in [2.24, 2.45) is 5.92 Å². The second-order valence-electron chi connectivity index (χ2n) is 5.42. The summed E-state index contributed by atoms with van der Waals surface area (Å²) in [5, 5.41) is 12.0. The van der Waals surface area contributed by atoms with Crippen molar-refractivity contribution in [2.45, 2.75) is 20.3 Å². The van der Waals surface area contributed by atoms with Gasteiger partial charge in [-0.3, -0.25) is 4.79 Å². The van der Waals surface area contributed by atoms with E-state index in [4.69, 9.17) is 0 Å². The number of carbonyl (C=O) groups excluding carboxylic acids is 1. The molecule has 0 spiro atoms. The number of amides is 1. The molecule has 0 bridgehead atoms. The van der Waals surface area contributed by atoms with E-state index in [0.717, 1.165) is 17.2 Å². The van der Waals surface area contributed by atoms with Gasteiger partial charge in [0.1, 0.15) is 5.75 Å². The zero-order chi connectivity index (χ0) is 14.7. The lowest BCUT2D eigenvalue weighted by Crippen LogP contribution is -2.30. The molecule has 1 atom stereocenters. The SMILES string of the molecule is CCC(C)CN(C)C(=O)c1cc2ccccc2cc1O. The third-order valence-electron chi connectivity index (χ3n) is 3.72. The van der Waals surface area contributed by atoms with Gasteiger partial charge in [-0.15, -0.1) is 0 Å². The summed E-state index contributed by atoms with van der Waals surface area (Å²) in [6.45, 7) is 4.92. The summed E-state index contributed by atoms with van der Waals surface area (Å²) < 4.78 is 0. The van der Waals surface area contributed by atoms with Crippen LogP contribution in [0, 0.1) is 5.92 Å². The highest BCUT2D eigenvalue weighted by atomic mass is 16.3. The van der Waals surface area contributed by atoms with Crippen LogP contribution in [-0.4, -0.2) is 29.5 Å². The molecule has 3 heteroatoms. The number of aromatic hydroxyl groups is 1. The summed E-state index contributed by atoms with van der Waals surface area (Å²) in [6, 6.07) is 11.1. The molecule has 0 aromatic heterocycles. The van der Waals surface area contributed by atoms with Crippen LogP contribution < -0.4 is 0 Å². The molecular formula is C17H21NO2. The van der Waals surface area contributed by atoms with Gasteiger partial charge in [0, 0.05) is 13.6 Å². The van der Waals surface area contributed by atoms with Crippen LogP contribution >= 0.6 is 0 Å². The average molecular weight is 271 g/mol. The molecule has 0 aliphatic heterocycles. The standard InChI is InChI=1S/C17H21NO2/c1-4-12(2)11-18(3)17(20)15-9-13-7-5-6-8-14(13)10-16(15)19/h5-10,12,19H,4,11H2,1-3H3. The average Bonchev–Trinajstić information content (AvgIpc) is 2.45. The number of rotatable bonds is 4. The van der Waals surface area contributed by atoms with Crippen molar-refractivity contribution in [1.82, 2.24) is 4.90 Å². The van der Waals surface area contributed by atoms with Crippen molar-refractivity contribution < 1.29 is 9.90 Å². The molecule has 0 aliphatic rings. The number of fused-ring (bicyclic) bond motifs is 1. The minimum absolute atomic E-state index is 0.0460. The van der Waals surface area contributed by atoms with Crippen LogP contribution in [0.2, 0.25) is 0 Å². The molecule has 2 rings (SSSR count). The lowest BCUT2D eigenvalue weighted by Gasteiger charge is -2.21. The lowest BCUT2D eigenvalue weighted by molar-refractivity contribution is 0.0772. The Morgan fingerprint density at radius 1 is 1.25 bits per heavy atom. The molecule has 0 heterocycles. The summed E-state index contributed by atoms with van der Waals surface area (Å²) in [6.07, 6.45) is 1.03. The Labute approximate surface area is 119 Å². The Morgan fingerprint density at radius 2 is 1.85 bits per heavy atom. The van der Waals surface area contributed by atoms with Gasteiger partial charge in [0.2, 0.25) is 0 Å². The smallest absolute Gasteiger partial charge is 0.257 e. The fourth-order valence-electron chi connectivity index (χ4n) is 2.28. The quantitative estimate of drug-likeness (QED) is 0.921. The second-order valence-corrected chi connectivity index (χ2v) is 5.42. The fourth-order valence-corrected chi connectivity index (χ4v) is 2.28. The van der Waals surface area contributed by atoms with Crippen LogP contribution in [0.1, 0.15) is 30.6 Å². The summed E-state index contributed by atoms with van der Waals surface area (Å²) in [5.41, 5.74) is 0.370. The Hall–Kier alpha value is -2.03. The number of benzene rings is 2. The maximum absolute atomic E-state index is 12.4. The Bertz CT molecular complexity index is 621. The van der Waals surface area contributed by atoms with Gasteiger partial charge < -0.3 is 10.0 Å². The van der Waals surface area contributed by atoms with Crippen molar-refractivity contribution >= 4 is 16.7 Å². The fraction of sp³-hybridized carbons (Fsp3) is 0.353. The largest absolute Gasteiger partial charge is 0.507 e. The zero-order valence-corrected chi connectivity index (χ0v) is 12.3. The van der Waals surface area contributed by atoms with Gasteiger partial charge in [-0.05, 0) is 28.8 Å². The number of hydrogen-bond acceptors (Lipinski definition) is 2. The van der Waals surface area contributed by atoms with Gasteiger partial charge in [0.05, 0.1) is 5.56 Å². The first-order valence-corrected chi connectivity index (χ1v) is 7.00. The summed E-state index contributed by atoms with van der Waals surface area (Å²) in [5.74, 6) is 0.366. The van der Waals surface area contributed by atoms with Crippen molar-refractivity contribution in [3.05, 3.63) is 42.0 Å². The Morgan fingerprint density at radius 3 is 2.45 bits per heavy atom. The van der Waals surface area contributed by atoms with Gasteiger partial charge in [-0.25, -0.2) is 0 Å². The van der Waals surface area contributed by atoms with E-state index < -0.39 is 0 Å². The van der Waals surface area contributed by atoms with Crippen molar-refractivity contribution in [2.75, 3.05) is 13.6 Å². The summed E-state index contributed by atoms with van der Waals surface area (Å²) >= 11 is 0. The molecule has 1 amide bonds. The van der Waals surface area contributed by atoms with E-state index in [-0.39, 0.29) is 11.7 Å². The molecule has 0 aliphatic carbocycles. The first kappa shape index (κ1) is 14.4. The number of nitrogens with zero attached hydrogens (tertiary/aromatic N) is 1. The molecule has 3 nitrogen and oxygen atoms in total. The molecule has 1 unspecified atom stereocenters. The molecule has 0 radical (unpaired) electrons. The summed E-state index contributed by atoms with van der Waals surface area (Å²) in [4.78, 5) is 14.1. The number of carbonyl (C=O) groups is 1. The van der Waals surface area contributed by atoms with E-state index in [1.165, 1.54) is 0 Å². The highest BCUT2D eigenvalue weighted by molar-refractivity contribution is 6.01. The minimum atomic E-state index is -0.131. The van der Waals surface area contributed by atoms with Gasteiger partial charge in [0.15, 0.2) is 0 Å². The third kappa shape index (κ3) is 2.93. The van der Waals surface area contributed by atoms with E-state index in [9.17, 15) is 9.90 Å². The van der Waals surface area contributed by atoms with Crippen LogP contribution in [0.3, 0.4) is 0 Å². The number of phenols is 1. The van der Waals surface area contributed by atoms with Crippen molar-refractivity contribution in [3.8, 4) is 5.75 Å². The van der Waals surface area contributed by atoms with Gasteiger partial charge >= 0.3 is 0 Å².